The van der Waals surface area contributed by atoms with E-state index in [1.54, 1.807) is 0 Å². The van der Waals surface area contributed by atoms with Crippen LogP contribution in [-0.2, 0) is 0 Å². The molecule has 0 aliphatic carbocycles. The molecule has 1 aromatic carbocycles. The van der Waals surface area contributed by atoms with Gasteiger partial charge in [-0.25, -0.2) is 0 Å². The van der Waals surface area contributed by atoms with Gasteiger partial charge in [0, 0.05) is 19.8 Å². The predicted molar refractivity (Wildman–Crippen MR) is 46.6 cm³/mol. The van der Waals surface area contributed by atoms with Gasteiger partial charge in [-0.05, 0) is 19.1 Å². The number of benzene rings is 1. The van der Waals surface area contributed by atoms with Crippen molar-refractivity contribution in [2.24, 2.45) is 0 Å². The van der Waals surface area contributed by atoms with Crippen LogP contribution in [0.3, 0.4) is 0 Å². The Labute approximate surface area is 82.1 Å². The van der Waals surface area contributed by atoms with Gasteiger partial charge in [-0.3, -0.25) is 0 Å². The zero-order chi connectivity index (χ0) is 7.56. The topological polar surface area (TPSA) is 3.24 Å². The van der Waals surface area contributed by atoms with Gasteiger partial charge in [-0.1, -0.05) is 17.7 Å². The molecule has 0 amide bonds. The van der Waals surface area contributed by atoms with E-state index in [0.717, 1.165) is 0 Å². The summed E-state index contributed by atoms with van der Waals surface area (Å²) in [7, 11) is 4.09. The number of rotatable bonds is 1. The second kappa shape index (κ2) is 4.49. The van der Waals surface area contributed by atoms with E-state index < -0.39 is 0 Å². The molecule has 1 nitrogen and oxygen atoms in total. The molecule has 0 aliphatic rings. The molecule has 56 valence electrons. The van der Waals surface area contributed by atoms with E-state index in [4.69, 9.17) is 0 Å². The molecule has 1 aromatic rings. The fourth-order valence-corrected chi connectivity index (χ4v) is 0.843. The third kappa shape index (κ3) is 3.01. The van der Waals surface area contributed by atoms with Crippen LogP contribution in [0.25, 0.3) is 0 Å². The molecule has 0 atom stereocenters. The minimum absolute atomic E-state index is 0. The van der Waals surface area contributed by atoms with Crippen LogP contribution in [0.5, 0.6) is 0 Å². The molecule has 0 aromatic heterocycles. The van der Waals surface area contributed by atoms with Crippen LogP contribution in [0.15, 0.2) is 24.3 Å². The minimum atomic E-state index is 0. The Bertz CT molecular complexity index is 208. The van der Waals surface area contributed by atoms with E-state index in [2.05, 4.69) is 36.1 Å². The van der Waals surface area contributed by atoms with Gasteiger partial charge in [0.25, 0.3) is 0 Å². The zero-order valence-corrected chi connectivity index (χ0v) is 7.76. The largest absolute Gasteiger partial charge is 1.00 e. The van der Waals surface area contributed by atoms with Gasteiger partial charge in [0.15, 0.2) is 0 Å². The first-order valence-corrected chi connectivity index (χ1v) is 3.44. The Morgan fingerprint density at radius 3 is 1.91 bits per heavy atom. The van der Waals surface area contributed by atoms with Crippen molar-refractivity contribution < 1.29 is 20.3 Å². The van der Waals surface area contributed by atoms with Crippen LogP contribution in [0.4, 0.5) is 5.69 Å². The Morgan fingerprint density at radius 2 is 1.55 bits per heavy atom. The molecule has 0 unspecified atom stereocenters. The Balaban J connectivity index is 0. The second-order valence-corrected chi connectivity index (χ2v) is 2.73. The number of hydrogen-bond acceptors (Lipinski definition) is 1. The van der Waals surface area contributed by atoms with Crippen molar-refractivity contribution in [1.82, 2.24) is 0 Å². The predicted octanol–water partition coefficient (Wildman–Crippen LogP) is -0.822. The summed E-state index contributed by atoms with van der Waals surface area (Å²) >= 11 is 0. The standard InChI is InChI=1S/C9H13N.Li.H/c1-8-4-6-9(7-5-8)10(2)3;;/h4-7H,1-3H3;;/q;+1;-1. The minimum Gasteiger partial charge on any atom is -1.00 e. The summed E-state index contributed by atoms with van der Waals surface area (Å²) < 4.78 is 0. The average molecular weight is 143 g/mol. The van der Waals surface area contributed by atoms with Crippen LogP contribution in [-0.4, -0.2) is 14.1 Å². The summed E-state index contributed by atoms with van der Waals surface area (Å²) in [6.07, 6.45) is 0. The number of hydrogen-bond donors (Lipinski definition) is 0. The van der Waals surface area contributed by atoms with Gasteiger partial charge in [-0.2, -0.15) is 0 Å². The van der Waals surface area contributed by atoms with Crippen molar-refractivity contribution in [2.45, 2.75) is 6.92 Å². The summed E-state index contributed by atoms with van der Waals surface area (Å²) in [5, 5.41) is 0. The summed E-state index contributed by atoms with van der Waals surface area (Å²) in [5.74, 6) is 0. The van der Waals surface area contributed by atoms with Crippen LogP contribution >= 0.6 is 0 Å². The molecule has 0 radical (unpaired) electrons. The molecular weight excluding hydrogens is 129 g/mol. The quantitative estimate of drug-likeness (QED) is 0.464. The molecule has 0 heterocycles. The van der Waals surface area contributed by atoms with E-state index in [0.29, 0.717) is 0 Å². The van der Waals surface area contributed by atoms with Crippen LogP contribution < -0.4 is 23.8 Å². The molecule has 0 bridgehead atoms. The van der Waals surface area contributed by atoms with Gasteiger partial charge >= 0.3 is 18.9 Å². The number of aryl methyl sites for hydroxylation is 1. The van der Waals surface area contributed by atoms with Crippen molar-refractivity contribution in [3.63, 3.8) is 0 Å². The van der Waals surface area contributed by atoms with E-state index in [-0.39, 0.29) is 20.3 Å². The van der Waals surface area contributed by atoms with Crippen molar-refractivity contribution in [3.05, 3.63) is 29.8 Å². The first kappa shape index (κ1) is 10.6. The van der Waals surface area contributed by atoms with Crippen molar-refractivity contribution in [3.8, 4) is 0 Å². The monoisotopic (exact) mass is 143 g/mol. The first-order valence-electron chi connectivity index (χ1n) is 3.44. The summed E-state index contributed by atoms with van der Waals surface area (Å²) in [5.41, 5.74) is 2.57. The van der Waals surface area contributed by atoms with Crippen molar-refractivity contribution >= 4 is 5.69 Å². The maximum atomic E-state index is 2.12. The van der Waals surface area contributed by atoms with E-state index in [9.17, 15) is 0 Å². The molecule has 2 heteroatoms. The van der Waals surface area contributed by atoms with Crippen molar-refractivity contribution in [2.75, 3.05) is 19.0 Å². The fourth-order valence-electron chi connectivity index (χ4n) is 0.843. The van der Waals surface area contributed by atoms with Gasteiger partial charge in [-0.15, -0.1) is 0 Å². The fraction of sp³-hybridized carbons (Fsp3) is 0.333. The number of anilines is 1. The Kier molecular flexibility index (Phi) is 4.33. The summed E-state index contributed by atoms with van der Waals surface area (Å²) in [4.78, 5) is 2.10. The average Bonchev–Trinajstić information content (AvgIpc) is 1.88. The molecule has 0 N–H and O–H groups in total. The molecule has 0 aliphatic heterocycles. The summed E-state index contributed by atoms with van der Waals surface area (Å²) in [6, 6.07) is 8.48. The van der Waals surface area contributed by atoms with E-state index in [1.807, 2.05) is 14.1 Å². The molecular formula is C9H14LiN. The Hall–Kier alpha value is -0.383. The van der Waals surface area contributed by atoms with Crippen LogP contribution in [0.2, 0.25) is 0 Å². The Morgan fingerprint density at radius 1 is 1.09 bits per heavy atom. The maximum Gasteiger partial charge on any atom is 1.00 e. The zero-order valence-electron chi connectivity index (χ0n) is 8.76. The van der Waals surface area contributed by atoms with Gasteiger partial charge in [0.1, 0.15) is 0 Å². The smallest absolute Gasteiger partial charge is 1.00 e. The third-order valence-corrected chi connectivity index (χ3v) is 1.55. The third-order valence-electron chi connectivity index (χ3n) is 1.55. The molecule has 1 rings (SSSR count). The molecule has 0 saturated carbocycles. The first-order chi connectivity index (χ1) is 4.70. The maximum absolute atomic E-state index is 2.12. The molecule has 11 heavy (non-hydrogen) atoms. The normalized spacial score (nSPS) is 8.64. The molecule has 0 fully saturated rings. The van der Waals surface area contributed by atoms with Crippen molar-refractivity contribution in [1.29, 1.82) is 0 Å². The van der Waals surface area contributed by atoms with Crippen LogP contribution in [0.1, 0.15) is 6.99 Å². The van der Waals surface area contributed by atoms with Gasteiger partial charge in [0.2, 0.25) is 0 Å². The van der Waals surface area contributed by atoms with E-state index in [1.165, 1.54) is 11.3 Å². The van der Waals surface area contributed by atoms with E-state index >= 15 is 0 Å². The van der Waals surface area contributed by atoms with Gasteiger partial charge in [0.05, 0.1) is 0 Å². The van der Waals surface area contributed by atoms with Gasteiger partial charge < -0.3 is 6.33 Å². The SMILES string of the molecule is Cc1ccc(N(C)C)cc1.[H-].[Li+]. The number of nitrogens with zero attached hydrogens (tertiary/aromatic N) is 1. The second-order valence-electron chi connectivity index (χ2n) is 2.73. The van der Waals surface area contributed by atoms with Crippen LogP contribution in [0, 0.1) is 6.92 Å². The molecule has 0 saturated heterocycles. The molecule has 0 spiro atoms. The summed E-state index contributed by atoms with van der Waals surface area (Å²) in [6.45, 7) is 2.10.